The van der Waals surface area contributed by atoms with Crippen LogP contribution >= 0.6 is 11.8 Å². The number of aromatic nitrogens is 2. The van der Waals surface area contributed by atoms with Crippen molar-refractivity contribution in [2.24, 2.45) is 0 Å². The first-order chi connectivity index (χ1) is 7.72. The van der Waals surface area contributed by atoms with Crippen LogP contribution in [0.15, 0.2) is 0 Å². The summed E-state index contributed by atoms with van der Waals surface area (Å²) >= 11 is 1.80. The van der Waals surface area contributed by atoms with Crippen LogP contribution in [0.1, 0.15) is 17.6 Å². The van der Waals surface area contributed by atoms with Crippen LogP contribution in [0, 0.1) is 12.7 Å². The Balaban J connectivity index is 2.29. The van der Waals surface area contributed by atoms with E-state index in [2.05, 4.69) is 15.3 Å². The lowest BCUT2D eigenvalue weighted by molar-refractivity contribution is 0.0692. The van der Waals surface area contributed by atoms with E-state index in [9.17, 15) is 4.39 Å². The third-order valence-electron chi connectivity index (χ3n) is 2.37. The highest BCUT2D eigenvalue weighted by molar-refractivity contribution is 7.99. The molecule has 6 heteroatoms. The molecule has 1 aliphatic rings. The van der Waals surface area contributed by atoms with Crippen molar-refractivity contribution in [3.05, 3.63) is 17.3 Å². The van der Waals surface area contributed by atoms with Crippen molar-refractivity contribution < 1.29 is 9.13 Å². The Bertz CT molecular complexity index is 383. The van der Waals surface area contributed by atoms with E-state index >= 15 is 0 Å². The number of nitrogens with zero attached hydrogens (tertiary/aromatic N) is 2. The molecule has 0 saturated carbocycles. The van der Waals surface area contributed by atoms with Gasteiger partial charge in [-0.05, 0) is 6.92 Å². The molecule has 1 N–H and O–H groups in total. The summed E-state index contributed by atoms with van der Waals surface area (Å²) in [6.07, 6.45) is -0.120. The normalized spacial score (nSPS) is 20.8. The number of anilines is 1. The number of ether oxygens (including phenoxy) is 1. The third-order valence-corrected chi connectivity index (χ3v) is 3.37. The van der Waals surface area contributed by atoms with Gasteiger partial charge in [-0.1, -0.05) is 0 Å². The van der Waals surface area contributed by atoms with E-state index in [1.54, 1.807) is 25.7 Å². The van der Waals surface area contributed by atoms with Gasteiger partial charge in [-0.2, -0.15) is 11.8 Å². The first-order valence-electron chi connectivity index (χ1n) is 5.13. The van der Waals surface area contributed by atoms with Gasteiger partial charge in [-0.15, -0.1) is 0 Å². The molecule has 1 atom stereocenters. The van der Waals surface area contributed by atoms with E-state index in [-0.39, 0.29) is 11.9 Å². The maximum absolute atomic E-state index is 13.5. The summed E-state index contributed by atoms with van der Waals surface area (Å²) in [5.74, 6) is 2.23. The SMILES string of the molecule is CNc1nc(C2CSCCO2)nc(C)c1F. The maximum Gasteiger partial charge on any atom is 0.186 e. The minimum atomic E-state index is -0.394. The molecule has 1 aromatic rings. The average molecular weight is 243 g/mol. The molecule has 2 rings (SSSR count). The second-order valence-corrected chi connectivity index (χ2v) is 4.66. The van der Waals surface area contributed by atoms with Crippen molar-refractivity contribution in [1.82, 2.24) is 9.97 Å². The minimum absolute atomic E-state index is 0.120. The summed E-state index contributed by atoms with van der Waals surface area (Å²) in [5, 5.41) is 2.73. The van der Waals surface area contributed by atoms with E-state index in [1.807, 2.05) is 0 Å². The Labute approximate surface area is 98.0 Å². The summed E-state index contributed by atoms with van der Waals surface area (Å²) < 4.78 is 19.1. The molecule has 2 heterocycles. The first kappa shape index (κ1) is 11.6. The Morgan fingerprint density at radius 1 is 1.50 bits per heavy atom. The van der Waals surface area contributed by atoms with Gasteiger partial charge in [0.15, 0.2) is 17.5 Å². The highest BCUT2D eigenvalue weighted by Crippen LogP contribution is 2.26. The summed E-state index contributed by atoms with van der Waals surface area (Å²) in [7, 11) is 1.64. The van der Waals surface area contributed by atoms with E-state index in [1.165, 1.54) is 0 Å². The molecule has 1 aliphatic heterocycles. The molecule has 4 nitrogen and oxygen atoms in total. The van der Waals surface area contributed by atoms with Gasteiger partial charge in [0, 0.05) is 18.6 Å². The van der Waals surface area contributed by atoms with Gasteiger partial charge < -0.3 is 10.1 Å². The number of nitrogens with one attached hydrogen (secondary N) is 1. The number of hydrogen-bond acceptors (Lipinski definition) is 5. The molecule has 1 aromatic heterocycles. The van der Waals surface area contributed by atoms with E-state index < -0.39 is 5.82 Å². The maximum atomic E-state index is 13.5. The van der Waals surface area contributed by atoms with Crippen LogP contribution in [0.5, 0.6) is 0 Å². The largest absolute Gasteiger partial charge is 0.371 e. The highest BCUT2D eigenvalue weighted by atomic mass is 32.2. The average Bonchev–Trinajstić information content (AvgIpc) is 2.33. The summed E-state index contributed by atoms with van der Waals surface area (Å²) in [4.78, 5) is 8.28. The van der Waals surface area contributed by atoms with Crippen LogP contribution in [-0.2, 0) is 4.74 Å². The fourth-order valence-electron chi connectivity index (χ4n) is 1.53. The second kappa shape index (κ2) is 4.97. The van der Waals surface area contributed by atoms with Crippen molar-refractivity contribution in [2.75, 3.05) is 30.5 Å². The number of hydrogen-bond donors (Lipinski definition) is 1. The van der Waals surface area contributed by atoms with E-state index in [0.717, 1.165) is 11.5 Å². The molecule has 16 heavy (non-hydrogen) atoms. The van der Waals surface area contributed by atoms with Crippen LogP contribution in [0.25, 0.3) is 0 Å². The highest BCUT2D eigenvalue weighted by Gasteiger charge is 2.21. The predicted octanol–water partition coefficient (Wildman–Crippen LogP) is 1.77. The number of aryl methyl sites for hydroxylation is 1. The monoisotopic (exact) mass is 243 g/mol. The second-order valence-electron chi connectivity index (χ2n) is 3.51. The molecule has 0 spiro atoms. The third kappa shape index (κ3) is 2.27. The zero-order chi connectivity index (χ0) is 11.5. The molecule has 0 amide bonds. The molecule has 0 radical (unpaired) electrons. The first-order valence-corrected chi connectivity index (χ1v) is 6.29. The molecule has 1 unspecified atom stereocenters. The fraction of sp³-hybridized carbons (Fsp3) is 0.600. The lowest BCUT2D eigenvalue weighted by Gasteiger charge is -2.21. The molecule has 88 valence electrons. The van der Waals surface area contributed by atoms with Crippen LogP contribution in [-0.4, -0.2) is 35.1 Å². The Kier molecular flexibility index (Phi) is 3.60. The smallest absolute Gasteiger partial charge is 0.186 e. The molecular weight excluding hydrogens is 229 g/mol. The number of thioether (sulfide) groups is 1. The Morgan fingerprint density at radius 2 is 2.31 bits per heavy atom. The summed E-state index contributed by atoms with van der Waals surface area (Å²) in [6, 6.07) is 0. The number of rotatable bonds is 2. The molecule has 0 aliphatic carbocycles. The molecular formula is C10H14FN3OS. The fourth-order valence-corrected chi connectivity index (χ4v) is 2.37. The predicted molar refractivity (Wildman–Crippen MR) is 62.3 cm³/mol. The quantitative estimate of drug-likeness (QED) is 0.857. The van der Waals surface area contributed by atoms with E-state index in [4.69, 9.17) is 4.74 Å². The van der Waals surface area contributed by atoms with Gasteiger partial charge in [0.1, 0.15) is 6.10 Å². The topological polar surface area (TPSA) is 47.0 Å². The molecule has 0 bridgehead atoms. The molecule has 0 aromatic carbocycles. The lowest BCUT2D eigenvalue weighted by atomic mass is 10.3. The van der Waals surface area contributed by atoms with Crippen LogP contribution < -0.4 is 5.32 Å². The van der Waals surface area contributed by atoms with Gasteiger partial charge in [0.2, 0.25) is 0 Å². The van der Waals surface area contributed by atoms with Crippen LogP contribution in [0.3, 0.4) is 0 Å². The molecule has 1 saturated heterocycles. The minimum Gasteiger partial charge on any atom is -0.371 e. The van der Waals surface area contributed by atoms with Crippen LogP contribution in [0.4, 0.5) is 10.2 Å². The van der Waals surface area contributed by atoms with Crippen molar-refractivity contribution in [2.45, 2.75) is 13.0 Å². The van der Waals surface area contributed by atoms with Gasteiger partial charge in [0.25, 0.3) is 0 Å². The lowest BCUT2D eigenvalue weighted by Crippen LogP contribution is -2.19. The number of halogens is 1. The Morgan fingerprint density at radius 3 is 2.94 bits per heavy atom. The molecule has 1 fully saturated rings. The van der Waals surface area contributed by atoms with Crippen molar-refractivity contribution in [1.29, 1.82) is 0 Å². The van der Waals surface area contributed by atoms with Gasteiger partial charge >= 0.3 is 0 Å². The van der Waals surface area contributed by atoms with Gasteiger partial charge in [-0.3, -0.25) is 0 Å². The van der Waals surface area contributed by atoms with Crippen molar-refractivity contribution >= 4 is 17.6 Å². The van der Waals surface area contributed by atoms with Crippen molar-refractivity contribution in [3.63, 3.8) is 0 Å². The Hall–Kier alpha value is -0.880. The zero-order valence-corrected chi connectivity index (χ0v) is 10.1. The van der Waals surface area contributed by atoms with Gasteiger partial charge in [0.05, 0.1) is 12.3 Å². The summed E-state index contributed by atoms with van der Waals surface area (Å²) in [6.45, 7) is 2.33. The van der Waals surface area contributed by atoms with Crippen LogP contribution in [0.2, 0.25) is 0 Å². The van der Waals surface area contributed by atoms with E-state index in [0.29, 0.717) is 18.1 Å². The van der Waals surface area contributed by atoms with Crippen molar-refractivity contribution in [3.8, 4) is 0 Å². The zero-order valence-electron chi connectivity index (χ0n) is 9.29. The standard InChI is InChI=1S/C10H14FN3OS/c1-6-8(11)10(12-2)14-9(13-6)7-5-16-4-3-15-7/h7H,3-5H2,1-2H3,(H,12,13,14). The van der Waals surface area contributed by atoms with Gasteiger partial charge in [-0.25, -0.2) is 14.4 Å². The summed E-state index contributed by atoms with van der Waals surface area (Å²) in [5.41, 5.74) is 0.355.